The molecule has 1 rings (SSSR count). The summed E-state index contributed by atoms with van der Waals surface area (Å²) in [7, 11) is 2.02. The van der Waals surface area contributed by atoms with E-state index in [0.29, 0.717) is 18.6 Å². The van der Waals surface area contributed by atoms with Crippen LogP contribution in [0.1, 0.15) is 39.5 Å². The summed E-state index contributed by atoms with van der Waals surface area (Å²) in [5.41, 5.74) is 0. The molecule has 2 N–H and O–H groups in total. The van der Waals surface area contributed by atoms with Gasteiger partial charge < -0.3 is 10.6 Å². The summed E-state index contributed by atoms with van der Waals surface area (Å²) in [6.45, 7) is 6.82. The Labute approximate surface area is 105 Å². The molecule has 0 spiro atoms. The van der Waals surface area contributed by atoms with Crippen LogP contribution in [-0.2, 0) is 4.79 Å². The quantitative estimate of drug-likeness (QED) is 0.698. The Morgan fingerprint density at radius 2 is 2.18 bits per heavy atom. The number of carbonyl (C=O) groups excluding carboxylic acids is 1. The molecule has 0 radical (unpaired) electrons. The van der Waals surface area contributed by atoms with Crippen LogP contribution >= 0.6 is 0 Å². The van der Waals surface area contributed by atoms with Crippen LogP contribution in [-0.4, -0.2) is 49.6 Å². The van der Waals surface area contributed by atoms with Crippen molar-refractivity contribution < 1.29 is 4.79 Å². The zero-order valence-electron chi connectivity index (χ0n) is 11.5. The Bertz CT molecular complexity index is 223. The highest BCUT2D eigenvalue weighted by Gasteiger charge is 2.17. The van der Waals surface area contributed by atoms with Gasteiger partial charge in [-0.3, -0.25) is 9.69 Å². The Morgan fingerprint density at radius 1 is 1.47 bits per heavy atom. The van der Waals surface area contributed by atoms with Crippen molar-refractivity contribution in [2.75, 3.05) is 26.7 Å². The molecule has 100 valence electrons. The van der Waals surface area contributed by atoms with Crippen LogP contribution in [0.5, 0.6) is 0 Å². The second-order valence-electron chi connectivity index (χ2n) is 5.07. The third-order valence-corrected chi connectivity index (χ3v) is 3.46. The highest BCUT2D eigenvalue weighted by molar-refractivity contribution is 5.78. The molecule has 0 aromatic rings. The van der Waals surface area contributed by atoms with Crippen molar-refractivity contribution in [3.8, 4) is 0 Å². The first-order valence-electron chi connectivity index (χ1n) is 6.87. The van der Waals surface area contributed by atoms with Crippen molar-refractivity contribution >= 4 is 5.91 Å². The minimum Gasteiger partial charge on any atom is -0.352 e. The number of rotatable bonds is 7. The Balaban J connectivity index is 2.20. The van der Waals surface area contributed by atoms with Crippen LogP contribution < -0.4 is 10.6 Å². The highest BCUT2D eigenvalue weighted by atomic mass is 16.2. The molecule has 17 heavy (non-hydrogen) atoms. The molecule has 0 aromatic heterocycles. The molecule has 4 nitrogen and oxygen atoms in total. The molecule has 1 amide bonds. The van der Waals surface area contributed by atoms with Gasteiger partial charge in [0.15, 0.2) is 0 Å². The molecule has 1 aliphatic heterocycles. The third-order valence-electron chi connectivity index (χ3n) is 3.46. The lowest BCUT2D eigenvalue weighted by atomic mass is 10.2. The van der Waals surface area contributed by atoms with Crippen molar-refractivity contribution in [3.63, 3.8) is 0 Å². The standard InChI is InChI=1S/C13H27N3O/c1-4-11(5-2)15-13(17)10-16(3)9-12-7-6-8-14-12/h11-12,14H,4-10H2,1-3H3,(H,15,17). The number of carbonyl (C=O) groups is 1. The fourth-order valence-electron chi connectivity index (χ4n) is 2.36. The Kier molecular flexibility index (Phi) is 6.52. The summed E-state index contributed by atoms with van der Waals surface area (Å²) in [5.74, 6) is 0.152. The molecular formula is C13H27N3O. The predicted molar refractivity (Wildman–Crippen MR) is 71.0 cm³/mol. The van der Waals surface area contributed by atoms with Crippen LogP contribution in [0.3, 0.4) is 0 Å². The molecule has 0 aliphatic carbocycles. The molecule has 1 saturated heterocycles. The molecule has 1 fully saturated rings. The van der Waals surface area contributed by atoms with Gasteiger partial charge >= 0.3 is 0 Å². The van der Waals surface area contributed by atoms with Gasteiger partial charge in [0.1, 0.15) is 0 Å². The summed E-state index contributed by atoms with van der Waals surface area (Å²) >= 11 is 0. The number of nitrogens with one attached hydrogen (secondary N) is 2. The van der Waals surface area contributed by atoms with Crippen LogP contribution in [0.25, 0.3) is 0 Å². The average molecular weight is 241 g/mol. The van der Waals surface area contributed by atoms with E-state index in [0.717, 1.165) is 25.9 Å². The second-order valence-corrected chi connectivity index (χ2v) is 5.07. The lowest BCUT2D eigenvalue weighted by Crippen LogP contribution is -2.43. The van der Waals surface area contributed by atoms with E-state index in [-0.39, 0.29) is 5.91 Å². The lowest BCUT2D eigenvalue weighted by molar-refractivity contribution is -0.122. The summed E-state index contributed by atoms with van der Waals surface area (Å²) in [5, 5.41) is 6.52. The van der Waals surface area contributed by atoms with Crippen LogP contribution in [0.15, 0.2) is 0 Å². The van der Waals surface area contributed by atoms with Crippen molar-refractivity contribution in [1.82, 2.24) is 15.5 Å². The normalized spacial score (nSPS) is 20.2. The first-order valence-corrected chi connectivity index (χ1v) is 6.87. The van der Waals surface area contributed by atoms with Crippen LogP contribution in [0.4, 0.5) is 0 Å². The van der Waals surface area contributed by atoms with Gasteiger partial charge in [-0.15, -0.1) is 0 Å². The van der Waals surface area contributed by atoms with E-state index in [9.17, 15) is 4.79 Å². The first kappa shape index (κ1) is 14.5. The average Bonchev–Trinajstić information content (AvgIpc) is 2.78. The van der Waals surface area contributed by atoms with Crippen molar-refractivity contribution in [2.24, 2.45) is 0 Å². The van der Waals surface area contributed by atoms with E-state index >= 15 is 0 Å². The maximum absolute atomic E-state index is 11.8. The van der Waals surface area contributed by atoms with Crippen molar-refractivity contribution in [1.29, 1.82) is 0 Å². The van der Waals surface area contributed by atoms with Gasteiger partial charge in [0, 0.05) is 18.6 Å². The highest BCUT2D eigenvalue weighted by Crippen LogP contribution is 2.05. The van der Waals surface area contributed by atoms with Gasteiger partial charge in [0.05, 0.1) is 6.54 Å². The maximum atomic E-state index is 11.8. The maximum Gasteiger partial charge on any atom is 0.234 e. The second kappa shape index (κ2) is 7.67. The molecule has 4 heteroatoms. The molecule has 0 bridgehead atoms. The zero-order valence-corrected chi connectivity index (χ0v) is 11.5. The third kappa shape index (κ3) is 5.50. The topological polar surface area (TPSA) is 44.4 Å². The molecule has 1 unspecified atom stereocenters. The van der Waals surface area contributed by atoms with Gasteiger partial charge in [0.2, 0.25) is 5.91 Å². The minimum atomic E-state index is 0.152. The predicted octanol–water partition coefficient (Wildman–Crippen LogP) is 0.975. The van der Waals surface area contributed by atoms with E-state index in [1.54, 1.807) is 0 Å². The fraction of sp³-hybridized carbons (Fsp3) is 0.923. The van der Waals surface area contributed by atoms with E-state index in [4.69, 9.17) is 0 Å². The van der Waals surface area contributed by atoms with Gasteiger partial charge in [-0.1, -0.05) is 13.8 Å². The summed E-state index contributed by atoms with van der Waals surface area (Å²) in [4.78, 5) is 13.9. The van der Waals surface area contributed by atoms with Crippen LogP contribution in [0, 0.1) is 0 Å². The monoisotopic (exact) mass is 241 g/mol. The molecular weight excluding hydrogens is 214 g/mol. The number of likely N-dealkylation sites (N-methyl/N-ethyl adjacent to an activating group) is 1. The Morgan fingerprint density at radius 3 is 2.71 bits per heavy atom. The minimum absolute atomic E-state index is 0.152. The molecule has 0 saturated carbocycles. The number of amides is 1. The van der Waals surface area contributed by atoms with Crippen molar-refractivity contribution in [2.45, 2.75) is 51.6 Å². The van der Waals surface area contributed by atoms with E-state index in [1.165, 1.54) is 12.8 Å². The zero-order chi connectivity index (χ0) is 12.7. The number of nitrogens with zero attached hydrogens (tertiary/aromatic N) is 1. The summed E-state index contributed by atoms with van der Waals surface area (Å²) in [6, 6.07) is 0.904. The van der Waals surface area contributed by atoms with Crippen LogP contribution in [0.2, 0.25) is 0 Å². The van der Waals surface area contributed by atoms with E-state index in [2.05, 4.69) is 29.4 Å². The first-order chi connectivity index (χ1) is 8.15. The summed E-state index contributed by atoms with van der Waals surface area (Å²) < 4.78 is 0. The number of hydrogen-bond acceptors (Lipinski definition) is 3. The SMILES string of the molecule is CCC(CC)NC(=O)CN(C)CC1CCCN1. The Hall–Kier alpha value is -0.610. The van der Waals surface area contributed by atoms with E-state index in [1.807, 2.05) is 7.05 Å². The molecule has 1 aliphatic rings. The molecule has 1 heterocycles. The number of hydrogen-bond donors (Lipinski definition) is 2. The van der Waals surface area contributed by atoms with Gasteiger partial charge in [-0.2, -0.15) is 0 Å². The van der Waals surface area contributed by atoms with Crippen molar-refractivity contribution in [3.05, 3.63) is 0 Å². The van der Waals surface area contributed by atoms with E-state index < -0.39 is 0 Å². The molecule has 1 atom stereocenters. The fourth-order valence-corrected chi connectivity index (χ4v) is 2.36. The molecule has 0 aromatic carbocycles. The van der Waals surface area contributed by atoms with Gasteiger partial charge in [-0.25, -0.2) is 0 Å². The summed E-state index contributed by atoms with van der Waals surface area (Å²) in [6.07, 6.45) is 4.52. The van der Waals surface area contributed by atoms with Gasteiger partial charge in [-0.05, 0) is 39.3 Å². The smallest absolute Gasteiger partial charge is 0.234 e. The lowest BCUT2D eigenvalue weighted by Gasteiger charge is -2.22. The van der Waals surface area contributed by atoms with Gasteiger partial charge in [0.25, 0.3) is 0 Å². The largest absolute Gasteiger partial charge is 0.352 e.